The SMILES string of the molecule is COc1cccc2c1OC[C@H](CNC(=O)CCc1c(C)nn(C)c1C)C2. The Labute approximate surface area is 154 Å². The van der Waals surface area contributed by atoms with E-state index in [1.54, 1.807) is 7.11 Å². The van der Waals surface area contributed by atoms with Crippen molar-refractivity contribution in [3.63, 3.8) is 0 Å². The predicted molar refractivity (Wildman–Crippen MR) is 99.7 cm³/mol. The van der Waals surface area contributed by atoms with Crippen LogP contribution in [0.25, 0.3) is 0 Å². The van der Waals surface area contributed by atoms with Gasteiger partial charge in [0.05, 0.1) is 19.4 Å². The summed E-state index contributed by atoms with van der Waals surface area (Å²) in [5, 5.41) is 7.45. The predicted octanol–water partition coefficient (Wildman–Crippen LogP) is 2.35. The monoisotopic (exact) mass is 357 g/mol. The quantitative estimate of drug-likeness (QED) is 0.862. The highest BCUT2D eigenvalue weighted by atomic mass is 16.5. The Morgan fingerprint density at radius 2 is 2.23 bits per heavy atom. The number of methoxy groups -OCH3 is 1. The number of benzene rings is 1. The summed E-state index contributed by atoms with van der Waals surface area (Å²) in [6, 6.07) is 5.93. The Kier molecular flexibility index (Phi) is 5.49. The summed E-state index contributed by atoms with van der Waals surface area (Å²) in [5.41, 5.74) is 4.44. The molecule has 1 aliphatic heterocycles. The summed E-state index contributed by atoms with van der Waals surface area (Å²) in [6.07, 6.45) is 2.08. The van der Waals surface area contributed by atoms with Gasteiger partial charge in [0.15, 0.2) is 11.5 Å². The molecule has 0 spiro atoms. The molecule has 0 saturated heterocycles. The average Bonchev–Trinajstić information content (AvgIpc) is 2.89. The number of nitrogens with one attached hydrogen (secondary N) is 1. The molecule has 6 heteroatoms. The molecule has 2 heterocycles. The highest BCUT2D eigenvalue weighted by Crippen LogP contribution is 2.35. The average molecular weight is 357 g/mol. The van der Waals surface area contributed by atoms with Gasteiger partial charge in [-0.25, -0.2) is 0 Å². The standard InChI is InChI=1S/C20H27N3O3/c1-13-17(14(2)23(3)22-13)8-9-19(24)21-11-15-10-16-6-5-7-18(25-4)20(16)26-12-15/h5-7,15H,8-12H2,1-4H3,(H,21,24)/t15-/m0/s1. The number of nitrogens with zero attached hydrogens (tertiary/aromatic N) is 2. The fourth-order valence-electron chi connectivity index (χ4n) is 3.51. The summed E-state index contributed by atoms with van der Waals surface area (Å²) in [7, 11) is 3.58. The molecule has 0 aliphatic carbocycles. The van der Waals surface area contributed by atoms with Crippen molar-refractivity contribution in [3.8, 4) is 11.5 Å². The van der Waals surface area contributed by atoms with Crippen molar-refractivity contribution in [1.82, 2.24) is 15.1 Å². The molecule has 3 rings (SSSR count). The Morgan fingerprint density at radius 1 is 1.42 bits per heavy atom. The number of aromatic nitrogens is 2. The van der Waals surface area contributed by atoms with Gasteiger partial charge < -0.3 is 14.8 Å². The minimum absolute atomic E-state index is 0.0732. The zero-order valence-electron chi connectivity index (χ0n) is 16.0. The number of rotatable bonds is 6. The van der Waals surface area contributed by atoms with E-state index in [9.17, 15) is 4.79 Å². The van der Waals surface area contributed by atoms with E-state index in [0.717, 1.165) is 41.3 Å². The molecular formula is C20H27N3O3. The minimum atomic E-state index is 0.0732. The first-order chi connectivity index (χ1) is 12.5. The lowest BCUT2D eigenvalue weighted by molar-refractivity contribution is -0.121. The second-order valence-electron chi connectivity index (χ2n) is 6.91. The normalized spacial score (nSPS) is 15.9. The molecule has 0 bridgehead atoms. The zero-order valence-corrected chi connectivity index (χ0v) is 16.0. The van der Waals surface area contributed by atoms with Gasteiger partial charge >= 0.3 is 0 Å². The minimum Gasteiger partial charge on any atom is -0.493 e. The van der Waals surface area contributed by atoms with Crippen LogP contribution in [0.15, 0.2) is 18.2 Å². The molecule has 0 radical (unpaired) electrons. The van der Waals surface area contributed by atoms with E-state index in [0.29, 0.717) is 19.6 Å². The molecule has 0 fully saturated rings. The summed E-state index contributed by atoms with van der Waals surface area (Å²) in [5.74, 6) is 1.96. The third-order valence-corrected chi connectivity index (χ3v) is 5.10. The Balaban J connectivity index is 1.49. The number of fused-ring (bicyclic) bond motifs is 1. The largest absolute Gasteiger partial charge is 0.493 e. The second kappa shape index (κ2) is 7.81. The van der Waals surface area contributed by atoms with Crippen molar-refractivity contribution >= 4 is 5.91 Å². The molecule has 1 aliphatic rings. The van der Waals surface area contributed by atoms with Crippen LogP contribution in [-0.4, -0.2) is 35.9 Å². The van der Waals surface area contributed by atoms with Gasteiger partial charge in [-0.3, -0.25) is 9.48 Å². The lowest BCUT2D eigenvalue weighted by Gasteiger charge is -2.26. The number of ether oxygens (including phenoxy) is 2. The number of amides is 1. The van der Waals surface area contributed by atoms with Crippen molar-refractivity contribution in [2.24, 2.45) is 13.0 Å². The van der Waals surface area contributed by atoms with Crippen molar-refractivity contribution in [2.75, 3.05) is 20.3 Å². The van der Waals surface area contributed by atoms with Gasteiger partial charge in [-0.1, -0.05) is 12.1 Å². The van der Waals surface area contributed by atoms with Crippen LogP contribution in [0.1, 0.15) is 28.9 Å². The maximum atomic E-state index is 12.2. The Bertz CT molecular complexity index is 798. The van der Waals surface area contributed by atoms with E-state index in [1.165, 1.54) is 5.56 Å². The molecule has 140 valence electrons. The fourth-order valence-corrected chi connectivity index (χ4v) is 3.51. The fraction of sp³-hybridized carbons (Fsp3) is 0.500. The maximum Gasteiger partial charge on any atom is 0.220 e. The lowest BCUT2D eigenvalue weighted by Crippen LogP contribution is -2.35. The van der Waals surface area contributed by atoms with E-state index in [-0.39, 0.29) is 11.8 Å². The molecule has 0 saturated carbocycles. The second-order valence-corrected chi connectivity index (χ2v) is 6.91. The van der Waals surface area contributed by atoms with Gasteiger partial charge in [-0.05, 0) is 43.9 Å². The van der Waals surface area contributed by atoms with Crippen LogP contribution < -0.4 is 14.8 Å². The summed E-state index contributed by atoms with van der Waals surface area (Å²) in [4.78, 5) is 12.2. The molecule has 2 aromatic rings. The molecule has 1 aromatic heterocycles. The number of carbonyl (C=O) groups is 1. The third kappa shape index (κ3) is 3.84. The topological polar surface area (TPSA) is 65.4 Å². The van der Waals surface area contributed by atoms with Crippen LogP contribution in [0.5, 0.6) is 11.5 Å². The van der Waals surface area contributed by atoms with Gasteiger partial charge in [0, 0.05) is 31.6 Å². The van der Waals surface area contributed by atoms with E-state index in [1.807, 2.05) is 37.7 Å². The number of aryl methyl sites for hydroxylation is 2. The van der Waals surface area contributed by atoms with E-state index in [2.05, 4.69) is 16.5 Å². The van der Waals surface area contributed by atoms with Crippen LogP contribution in [0.2, 0.25) is 0 Å². The number of para-hydroxylation sites is 1. The highest BCUT2D eigenvalue weighted by Gasteiger charge is 2.23. The highest BCUT2D eigenvalue weighted by molar-refractivity contribution is 5.76. The number of hydrogen-bond donors (Lipinski definition) is 1. The van der Waals surface area contributed by atoms with E-state index >= 15 is 0 Å². The summed E-state index contributed by atoms with van der Waals surface area (Å²) >= 11 is 0. The lowest BCUT2D eigenvalue weighted by atomic mass is 9.96. The Hall–Kier alpha value is -2.50. The first-order valence-electron chi connectivity index (χ1n) is 9.04. The van der Waals surface area contributed by atoms with Crippen LogP contribution in [0.3, 0.4) is 0 Å². The first kappa shape index (κ1) is 18.3. The molecule has 6 nitrogen and oxygen atoms in total. The zero-order chi connectivity index (χ0) is 18.7. The van der Waals surface area contributed by atoms with Gasteiger partial charge in [-0.2, -0.15) is 5.10 Å². The van der Waals surface area contributed by atoms with Gasteiger partial charge in [0.2, 0.25) is 5.91 Å². The van der Waals surface area contributed by atoms with Gasteiger partial charge in [0.25, 0.3) is 0 Å². The van der Waals surface area contributed by atoms with Crippen molar-refractivity contribution in [3.05, 3.63) is 40.7 Å². The summed E-state index contributed by atoms with van der Waals surface area (Å²) < 4.78 is 13.1. The smallest absolute Gasteiger partial charge is 0.220 e. The van der Waals surface area contributed by atoms with Crippen LogP contribution in [0.4, 0.5) is 0 Å². The number of hydrogen-bond acceptors (Lipinski definition) is 4. The number of carbonyl (C=O) groups excluding carboxylic acids is 1. The summed E-state index contributed by atoms with van der Waals surface area (Å²) in [6.45, 7) is 5.25. The molecule has 1 N–H and O–H groups in total. The van der Waals surface area contributed by atoms with Gasteiger partial charge in [0.1, 0.15) is 0 Å². The van der Waals surface area contributed by atoms with Crippen LogP contribution >= 0.6 is 0 Å². The Morgan fingerprint density at radius 3 is 2.92 bits per heavy atom. The van der Waals surface area contributed by atoms with Crippen LogP contribution in [0, 0.1) is 19.8 Å². The van der Waals surface area contributed by atoms with E-state index in [4.69, 9.17) is 9.47 Å². The molecule has 26 heavy (non-hydrogen) atoms. The first-order valence-corrected chi connectivity index (χ1v) is 9.04. The van der Waals surface area contributed by atoms with Crippen molar-refractivity contribution < 1.29 is 14.3 Å². The van der Waals surface area contributed by atoms with Crippen molar-refractivity contribution in [2.45, 2.75) is 33.1 Å². The van der Waals surface area contributed by atoms with Crippen LogP contribution in [-0.2, 0) is 24.7 Å². The molecule has 0 unspecified atom stereocenters. The molecule has 1 amide bonds. The molecule has 1 aromatic carbocycles. The van der Waals surface area contributed by atoms with Crippen molar-refractivity contribution in [1.29, 1.82) is 0 Å². The van der Waals surface area contributed by atoms with E-state index < -0.39 is 0 Å². The molecular weight excluding hydrogens is 330 g/mol. The third-order valence-electron chi connectivity index (χ3n) is 5.10. The molecule has 1 atom stereocenters. The van der Waals surface area contributed by atoms with Gasteiger partial charge in [-0.15, -0.1) is 0 Å². The maximum absolute atomic E-state index is 12.2.